The first-order valence-electron chi connectivity index (χ1n) is 25.8. The monoisotopic (exact) mass is 841 g/mol. The standard InChI is InChI=1S/C54H96O6/c1-46(2)37-31-25-19-13-7-10-16-22-28-34-40-58-52(55)49-43-50(53(56)59-41-35-29-23-17-11-8-14-20-26-32-38-47(3)4)45-51(44-49)54(57)60-42-36-30-24-18-12-9-15-21-27-33-39-48(5)6/h43-48H,7-42H2,1-6H3. The summed E-state index contributed by atoms with van der Waals surface area (Å²) in [5.74, 6) is 0.856. The number of hydrogen-bond acceptors (Lipinski definition) is 6. The molecule has 0 radical (unpaired) electrons. The van der Waals surface area contributed by atoms with Crippen LogP contribution in [0.2, 0.25) is 0 Å². The van der Waals surface area contributed by atoms with Crippen LogP contribution in [0, 0.1) is 17.8 Å². The van der Waals surface area contributed by atoms with Crippen LogP contribution in [0.25, 0.3) is 0 Å². The first kappa shape index (κ1) is 55.6. The molecule has 0 aliphatic rings. The third-order valence-electron chi connectivity index (χ3n) is 11.9. The van der Waals surface area contributed by atoms with Crippen molar-refractivity contribution in [1.82, 2.24) is 0 Å². The van der Waals surface area contributed by atoms with E-state index in [4.69, 9.17) is 14.2 Å². The lowest BCUT2D eigenvalue weighted by atomic mass is 10.0. The number of rotatable bonds is 42. The van der Waals surface area contributed by atoms with Crippen molar-refractivity contribution < 1.29 is 28.6 Å². The minimum atomic E-state index is -0.526. The SMILES string of the molecule is CC(C)CCCCCCCCCCCCOC(=O)c1cc(C(=O)OCCCCCCCCCCCCC(C)C)cc(C(=O)OCCCCCCCCCCCCC(C)C)c1. The van der Waals surface area contributed by atoms with Gasteiger partial charge in [-0.15, -0.1) is 0 Å². The van der Waals surface area contributed by atoms with Gasteiger partial charge in [-0.05, 0) is 55.2 Å². The van der Waals surface area contributed by atoms with Crippen molar-refractivity contribution in [2.45, 2.75) is 253 Å². The summed E-state index contributed by atoms with van der Waals surface area (Å²) in [5.41, 5.74) is 0.555. The van der Waals surface area contributed by atoms with E-state index >= 15 is 0 Å². The van der Waals surface area contributed by atoms with Crippen LogP contribution in [0.3, 0.4) is 0 Å². The highest BCUT2D eigenvalue weighted by atomic mass is 16.5. The Morgan fingerprint density at radius 2 is 0.467 bits per heavy atom. The molecule has 0 saturated heterocycles. The minimum Gasteiger partial charge on any atom is -0.462 e. The van der Waals surface area contributed by atoms with Crippen LogP contribution in [0.15, 0.2) is 18.2 Å². The molecule has 1 rings (SSSR count). The zero-order valence-corrected chi connectivity index (χ0v) is 40.4. The van der Waals surface area contributed by atoms with Crippen molar-refractivity contribution in [3.8, 4) is 0 Å². The maximum atomic E-state index is 13.2. The van der Waals surface area contributed by atoms with Gasteiger partial charge in [-0.25, -0.2) is 14.4 Å². The van der Waals surface area contributed by atoms with Crippen LogP contribution in [-0.4, -0.2) is 37.7 Å². The topological polar surface area (TPSA) is 78.9 Å². The molecule has 0 heterocycles. The summed E-state index contributed by atoms with van der Waals surface area (Å²) in [7, 11) is 0. The average molecular weight is 841 g/mol. The van der Waals surface area contributed by atoms with Gasteiger partial charge >= 0.3 is 17.9 Å². The van der Waals surface area contributed by atoms with Crippen molar-refractivity contribution in [3.05, 3.63) is 34.9 Å². The van der Waals surface area contributed by atoms with Crippen LogP contribution >= 0.6 is 0 Å². The van der Waals surface area contributed by atoms with E-state index in [9.17, 15) is 14.4 Å². The average Bonchev–Trinajstić information content (AvgIpc) is 3.22. The van der Waals surface area contributed by atoms with Gasteiger partial charge in [0.1, 0.15) is 0 Å². The van der Waals surface area contributed by atoms with Gasteiger partial charge in [0.15, 0.2) is 0 Å². The van der Waals surface area contributed by atoms with Gasteiger partial charge in [0.05, 0.1) is 36.5 Å². The molecule has 0 aliphatic heterocycles. The molecular formula is C54H96O6. The molecule has 0 bridgehead atoms. The molecule has 0 unspecified atom stereocenters. The Kier molecular flexibility index (Phi) is 36.6. The van der Waals surface area contributed by atoms with Crippen molar-refractivity contribution in [3.63, 3.8) is 0 Å². The number of ether oxygens (including phenoxy) is 3. The van der Waals surface area contributed by atoms with Gasteiger partial charge < -0.3 is 14.2 Å². The number of unbranched alkanes of at least 4 members (excludes halogenated alkanes) is 27. The Labute approximate surface area is 371 Å². The molecular weight excluding hydrogens is 745 g/mol. The Morgan fingerprint density at radius 3 is 0.650 bits per heavy atom. The lowest BCUT2D eigenvalue weighted by molar-refractivity contribution is 0.0494. The first-order chi connectivity index (χ1) is 29.1. The molecule has 6 nitrogen and oxygen atoms in total. The summed E-state index contributed by atoms with van der Waals surface area (Å²) in [4.78, 5) is 39.5. The van der Waals surface area contributed by atoms with Gasteiger partial charge in [-0.1, -0.05) is 234 Å². The van der Waals surface area contributed by atoms with Crippen molar-refractivity contribution in [2.24, 2.45) is 17.8 Å². The third-order valence-corrected chi connectivity index (χ3v) is 11.9. The van der Waals surface area contributed by atoms with E-state index in [1.165, 1.54) is 172 Å². The zero-order chi connectivity index (χ0) is 43.9. The fourth-order valence-electron chi connectivity index (χ4n) is 7.93. The molecule has 0 spiro atoms. The Morgan fingerprint density at radius 1 is 0.300 bits per heavy atom. The molecule has 0 fully saturated rings. The molecule has 0 N–H and O–H groups in total. The van der Waals surface area contributed by atoms with Crippen LogP contribution in [0.5, 0.6) is 0 Å². The molecule has 0 aromatic heterocycles. The summed E-state index contributed by atoms with van der Waals surface area (Å²) in [5, 5.41) is 0. The van der Waals surface area contributed by atoms with Gasteiger partial charge in [0.2, 0.25) is 0 Å². The van der Waals surface area contributed by atoms with E-state index in [1.54, 1.807) is 0 Å². The van der Waals surface area contributed by atoms with E-state index in [1.807, 2.05) is 0 Å². The van der Waals surface area contributed by atoms with Crippen LogP contribution < -0.4 is 0 Å². The van der Waals surface area contributed by atoms with E-state index in [0.717, 1.165) is 75.5 Å². The highest BCUT2D eigenvalue weighted by Gasteiger charge is 2.19. The second-order valence-corrected chi connectivity index (χ2v) is 19.4. The molecule has 0 amide bonds. The predicted octanol–water partition coefficient (Wildman–Crippen LogP) is 17.0. The maximum Gasteiger partial charge on any atom is 0.338 e. The third kappa shape index (κ3) is 34.2. The van der Waals surface area contributed by atoms with Gasteiger partial charge in [-0.3, -0.25) is 0 Å². The second kappa shape index (κ2) is 39.5. The highest BCUT2D eigenvalue weighted by Crippen LogP contribution is 2.19. The molecule has 1 aromatic carbocycles. The Bertz CT molecular complexity index is 1020. The normalized spacial score (nSPS) is 11.6. The van der Waals surface area contributed by atoms with E-state index < -0.39 is 17.9 Å². The molecule has 0 atom stereocenters. The maximum absolute atomic E-state index is 13.2. The van der Waals surface area contributed by atoms with Gasteiger partial charge in [0.25, 0.3) is 0 Å². The van der Waals surface area contributed by atoms with E-state index in [-0.39, 0.29) is 16.7 Å². The largest absolute Gasteiger partial charge is 0.462 e. The van der Waals surface area contributed by atoms with Crippen molar-refractivity contribution in [1.29, 1.82) is 0 Å². The fraction of sp³-hybridized carbons (Fsp3) is 0.833. The predicted molar refractivity (Wildman–Crippen MR) is 254 cm³/mol. The van der Waals surface area contributed by atoms with E-state index in [2.05, 4.69) is 41.5 Å². The molecule has 0 saturated carbocycles. The lowest BCUT2D eigenvalue weighted by Crippen LogP contribution is -2.14. The summed E-state index contributed by atoms with van der Waals surface area (Å²) < 4.78 is 16.9. The first-order valence-corrected chi connectivity index (χ1v) is 25.8. The number of hydrogen-bond donors (Lipinski definition) is 0. The summed E-state index contributed by atoms with van der Waals surface area (Å²) >= 11 is 0. The fourth-order valence-corrected chi connectivity index (χ4v) is 7.93. The summed E-state index contributed by atoms with van der Waals surface area (Å²) in [6, 6.07) is 4.50. The number of benzene rings is 1. The van der Waals surface area contributed by atoms with Gasteiger partial charge in [0, 0.05) is 0 Å². The van der Waals surface area contributed by atoms with Crippen molar-refractivity contribution in [2.75, 3.05) is 19.8 Å². The number of carbonyl (C=O) groups excluding carboxylic acids is 3. The summed E-state index contributed by atoms with van der Waals surface area (Å²) in [6.45, 7) is 14.8. The lowest BCUT2D eigenvalue weighted by Gasteiger charge is -2.11. The molecule has 6 heteroatoms. The second-order valence-electron chi connectivity index (χ2n) is 19.4. The molecule has 348 valence electrons. The highest BCUT2D eigenvalue weighted by molar-refractivity contribution is 6.00. The zero-order valence-electron chi connectivity index (χ0n) is 40.4. The van der Waals surface area contributed by atoms with Crippen LogP contribution in [0.4, 0.5) is 0 Å². The Hall–Kier alpha value is -2.37. The van der Waals surface area contributed by atoms with Gasteiger partial charge in [-0.2, -0.15) is 0 Å². The molecule has 0 aliphatic carbocycles. The Balaban J connectivity index is 2.50. The summed E-state index contributed by atoms with van der Waals surface area (Å²) in [6.07, 6.45) is 40.4. The van der Waals surface area contributed by atoms with Crippen LogP contribution in [0.1, 0.15) is 285 Å². The van der Waals surface area contributed by atoms with Crippen LogP contribution in [-0.2, 0) is 14.2 Å². The van der Waals surface area contributed by atoms with Crippen molar-refractivity contribution >= 4 is 17.9 Å². The smallest absolute Gasteiger partial charge is 0.338 e. The number of esters is 3. The number of carbonyl (C=O) groups is 3. The molecule has 1 aromatic rings. The molecule has 60 heavy (non-hydrogen) atoms. The minimum absolute atomic E-state index is 0.185. The van der Waals surface area contributed by atoms with E-state index in [0.29, 0.717) is 19.8 Å². The quantitative estimate of drug-likeness (QED) is 0.0371.